The van der Waals surface area contributed by atoms with Crippen molar-refractivity contribution in [3.05, 3.63) is 201 Å². The third-order valence-corrected chi connectivity index (χ3v) is 11.6. The van der Waals surface area contributed by atoms with Crippen LogP contribution in [0.1, 0.15) is 5.82 Å². The summed E-state index contributed by atoms with van der Waals surface area (Å²) in [6, 6.07) is 58.0. The van der Waals surface area contributed by atoms with Crippen LogP contribution in [-0.4, -0.2) is 19.5 Å². The highest BCUT2D eigenvalue weighted by molar-refractivity contribution is 7.26. The van der Waals surface area contributed by atoms with Gasteiger partial charge in [0.1, 0.15) is 0 Å². The number of hydrogen-bond donors (Lipinski definition) is 0. The summed E-state index contributed by atoms with van der Waals surface area (Å²) in [6.07, 6.45) is 5.38. The Morgan fingerprint density at radius 2 is 1.09 bits per heavy atom. The van der Waals surface area contributed by atoms with Gasteiger partial charge in [0, 0.05) is 58.8 Å². The summed E-state index contributed by atoms with van der Waals surface area (Å²) in [5.74, 6) is 1.69. The maximum Gasteiger partial charge on any atom is 0.164 e. The van der Waals surface area contributed by atoms with Gasteiger partial charge in [-0.15, -0.1) is 11.3 Å². The quantitative estimate of drug-likeness (QED) is 0.146. The Labute approximate surface area is 328 Å². The molecule has 0 radical (unpaired) electrons. The lowest BCUT2D eigenvalue weighted by molar-refractivity contribution is 1.04. The molecule has 10 rings (SSSR count). The van der Waals surface area contributed by atoms with E-state index in [-0.39, 0.29) is 0 Å². The van der Waals surface area contributed by atoms with E-state index in [2.05, 4.69) is 151 Å². The summed E-state index contributed by atoms with van der Waals surface area (Å²) in [5.41, 5.74) is 10.3. The molecule has 56 heavy (non-hydrogen) atoms. The topological polar surface area (TPSA) is 43.6 Å². The van der Waals surface area contributed by atoms with Gasteiger partial charge in [-0.25, -0.2) is 15.0 Å². The van der Waals surface area contributed by atoms with Crippen LogP contribution in [0.4, 0.5) is 0 Å². The van der Waals surface area contributed by atoms with Crippen LogP contribution < -0.4 is 0 Å². The summed E-state index contributed by atoms with van der Waals surface area (Å²) in [6.45, 7) is 8.00. The average molecular weight is 735 g/mol. The van der Waals surface area contributed by atoms with E-state index in [1.165, 1.54) is 30.9 Å². The van der Waals surface area contributed by atoms with Crippen LogP contribution >= 0.6 is 11.3 Å². The van der Waals surface area contributed by atoms with E-state index in [0.717, 1.165) is 55.7 Å². The fourth-order valence-electron chi connectivity index (χ4n) is 7.87. The van der Waals surface area contributed by atoms with Gasteiger partial charge in [-0.1, -0.05) is 165 Å². The third kappa shape index (κ3) is 5.56. The van der Waals surface area contributed by atoms with E-state index in [4.69, 9.17) is 15.0 Å². The zero-order valence-corrected chi connectivity index (χ0v) is 31.2. The Bertz CT molecular complexity index is 3100. The molecular formula is C51H34N4S. The summed E-state index contributed by atoms with van der Waals surface area (Å²) in [4.78, 5) is 15.2. The van der Waals surface area contributed by atoms with Gasteiger partial charge in [0.25, 0.3) is 0 Å². The molecule has 0 aliphatic rings. The molecule has 10 aromatic rings. The van der Waals surface area contributed by atoms with Crippen LogP contribution in [-0.2, 0) is 0 Å². The molecule has 0 saturated heterocycles. The summed E-state index contributed by atoms with van der Waals surface area (Å²) < 4.78 is 5.06. The van der Waals surface area contributed by atoms with Gasteiger partial charge in [0.15, 0.2) is 17.5 Å². The lowest BCUT2D eigenvalue weighted by atomic mass is 9.92. The molecule has 5 heteroatoms. The molecule has 4 nitrogen and oxygen atoms in total. The highest BCUT2D eigenvalue weighted by Crippen LogP contribution is 2.47. The third-order valence-electron chi connectivity index (χ3n) is 10.4. The number of nitrogens with zero attached hydrogens (tertiary/aromatic N) is 4. The minimum Gasteiger partial charge on any atom is -0.308 e. The molecule has 0 spiro atoms. The fourth-order valence-corrected chi connectivity index (χ4v) is 9.13. The second-order valence-electron chi connectivity index (χ2n) is 13.7. The molecule has 0 aliphatic heterocycles. The Hall–Kier alpha value is -7.21. The number of allylic oxidation sites excluding steroid dienone is 4. The number of rotatable bonds is 8. The SMILES string of the molecule is C=C/C=C(\C=C)c1nc(-c2ccccc2)nc(-c2cc(-c3ccccc3)c(-n3c4ccccc4c4c5sc6ccccc6c5ccc43)c(-c3ccccc3)c2)n1. The van der Waals surface area contributed by atoms with Crippen LogP contribution in [0.25, 0.3) is 98.3 Å². The molecule has 3 heterocycles. The van der Waals surface area contributed by atoms with Gasteiger partial charge < -0.3 is 4.57 Å². The first kappa shape index (κ1) is 33.4. The van der Waals surface area contributed by atoms with Crippen molar-refractivity contribution in [2.24, 2.45) is 0 Å². The van der Waals surface area contributed by atoms with Gasteiger partial charge in [-0.2, -0.15) is 0 Å². The number of fused-ring (bicyclic) bond motifs is 7. The van der Waals surface area contributed by atoms with Crippen LogP contribution in [0.2, 0.25) is 0 Å². The van der Waals surface area contributed by atoms with Crippen molar-refractivity contribution in [1.82, 2.24) is 19.5 Å². The Balaban J connectivity index is 1.34. The zero-order valence-electron chi connectivity index (χ0n) is 30.4. The molecule has 7 aromatic carbocycles. The standard InChI is InChI=1S/C51H34N4S/c1-3-18-33(4-2)49-52-50(36-23-12-7-13-24-36)54-51(53-49)37-31-41(34-19-8-5-9-20-34)47(42(32-37)35-21-10-6-11-22-35)55-43-27-16-14-26-40(43)46-44(55)30-29-39-38-25-15-17-28-45(38)56-48(39)46/h3-32H,1-2H2/b33-18+. The Kier molecular flexibility index (Phi) is 8.28. The molecule has 0 unspecified atom stereocenters. The minimum absolute atomic E-state index is 0.533. The predicted molar refractivity (Wildman–Crippen MR) is 237 cm³/mol. The largest absolute Gasteiger partial charge is 0.308 e. The highest BCUT2D eigenvalue weighted by atomic mass is 32.1. The molecule has 0 saturated carbocycles. The van der Waals surface area contributed by atoms with Crippen molar-refractivity contribution < 1.29 is 0 Å². The molecule has 3 aromatic heterocycles. The van der Waals surface area contributed by atoms with Crippen molar-refractivity contribution in [2.75, 3.05) is 0 Å². The van der Waals surface area contributed by atoms with E-state index in [1.54, 1.807) is 12.2 Å². The van der Waals surface area contributed by atoms with Gasteiger partial charge in [-0.05, 0) is 41.5 Å². The summed E-state index contributed by atoms with van der Waals surface area (Å²) in [5, 5.41) is 5.07. The number of benzene rings is 7. The highest BCUT2D eigenvalue weighted by Gasteiger charge is 2.24. The molecule has 0 bridgehead atoms. The molecule has 0 N–H and O–H groups in total. The lowest BCUT2D eigenvalue weighted by Gasteiger charge is -2.21. The molecule has 0 amide bonds. The van der Waals surface area contributed by atoms with E-state index < -0.39 is 0 Å². The smallest absolute Gasteiger partial charge is 0.164 e. The van der Waals surface area contributed by atoms with E-state index >= 15 is 0 Å². The lowest BCUT2D eigenvalue weighted by Crippen LogP contribution is -2.05. The fraction of sp³-hybridized carbons (Fsp3) is 0. The first-order valence-electron chi connectivity index (χ1n) is 18.6. The van der Waals surface area contributed by atoms with Crippen molar-refractivity contribution >= 4 is 58.9 Å². The van der Waals surface area contributed by atoms with E-state index in [0.29, 0.717) is 17.5 Å². The summed E-state index contributed by atoms with van der Waals surface area (Å²) in [7, 11) is 0. The van der Waals surface area contributed by atoms with Gasteiger partial charge in [0.05, 0.1) is 16.7 Å². The van der Waals surface area contributed by atoms with Gasteiger partial charge in [-0.3, -0.25) is 0 Å². The van der Waals surface area contributed by atoms with Crippen molar-refractivity contribution in [2.45, 2.75) is 0 Å². The van der Waals surface area contributed by atoms with Crippen molar-refractivity contribution in [3.63, 3.8) is 0 Å². The first-order valence-corrected chi connectivity index (χ1v) is 19.4. The van der Waals surface area contributed by atoms with E-state index in [9.17, 15) is 0 Å². The Morgan fingerprint density at radius 1 is 0.518 bits per heavy atom. The van der Waals surface area contributed by atoms with Gasteiger partial charge >= 0.3 is 0 Å². The predicted octanol–water partition coefficient (Wildman–Crippen LogP) is 13.8. The maximum atomic E-state index is 5.15. The number of hydrogen-bond acceptors (Lipinski definition) is 4. The number of para-hydroxylation sites is 1. The maximum absolute atomic E-state index is 5.15. The van der Waals surface area contributed by atoms with Crippen LogP contribution in [0.3, 0.4) is 0 Å². The molecular weight excluding hydrogens is 701 g/mol. The molecule has 0 aliphatic carbocycles. The van der Waals surface area contributed by atoms with Crippen molar-refractivity contribution in [1.29, 1.82) is 0 Å². The van der Waals surface area contributed by atoms with Crippen LogP contribution in [0, 0.1) is 0 Å². The average Bonchev–Trinajstić information content (AvgIpc) is 3.81. The number of aromatic nitrogens is 4. The van der Waals surface area contributed by atoms with Crippen LogP contribution in [0.15, 0.2) is 195 Å². The molecule has 264 valence electrons. The zero-order chi connectivity index (χ0) is 37.6. The summed E-state index contributed by atoms with van der Waals surface area (Å²) >= 11 is 1.87. The molecule has 0 atom stereocenters. The molecule has 0 fully saturated rings. The monoisotopic (exact) mass is 734 g/mol. The first-order chi connectivity index (χ1) is 27.7. The second kappa shape index (κ2) is 13.9. The van der Waals surface area contributed by atoms with Crippen LogP contribution in [0.5, 0.6) is 0 Å². The number of thiophene rings is 1. The minimum atomic E-state index is 0.533. The van der Waals surface area contributed by atoms with Gasteiger partial charge in [0.2, 0.25) is 0 Å². The normalized spacial score (nSPS) is 11.8. The Morgan fingerprint density at radius 3 is 1.73 bits per heavy atom. The van der Waals surface area contributed by atoms with Crippen molar-refractivity contribution in [3.8, 4) is 50.7 Å². The second-order valence-corrected chi connectivity index (χ2v) is 14.7. The van der Waals surface area contributed by atoms with E-state index in [1.807, 2.05) is 47.7 Å².